The van der Waals surface area contributed by atoms with Gasteiger partial charge in [-0.2, -0.15) is 0 Å². The molecule has 0 nitrogen and oxygen atoms in total. The fourth-order valence-electron chi connectivity index (χ4n) is 1.43. The Kier molecular flexibility index (Phi) is 4.69. The zero-order chi connectivity index (χ0) is 12.6. The minimum atomic E-state index is -0.376. The lowest BCUT2D eigenvalue weighted by Crippen LogP contribution is -1.93. The molecule has 1 unspecified atom stereocenters. The van der Waals surface area contributed by atoms with Gasteiger partial charge in [0.05, 0.1) is 12.9 Å². The van der Waals surface area contributed by atoms with Crippen LogP contribution in [-0.2, 0) is 0 Å². The Morgan fingerprint density at radius 1 is 1.12 bits per heavy atom. The Hall–Kier alpha value is 0.580. The molecule has 90 valence electrons. The summed E-state index contributed by atoms with van der Waals surface area (Å²) in [6.07, 6.45) is 0. The molecule has 0 aliphatic rings. The summed E-state index contributed by atoms with van der Waals surface area (Å²) in [5.74, 6) is -0.301. The molecule has 17 heavy (non-hydrogen) atoms. The molecule has 2 aromatic rings. The molecule has 6 heteroatoms. The van der Waals surface area contributed by atoms with E-state index in [-0.39, 0.29) is 11.2 Å². The van der Waals surface area contributed by atoms with Crippen molar-refractivity contribution in [1.29, 1.82) is 0 Å². The molecule has 0 aliphatic carbocycles. The summed E-state index contributed by atoms with van der Waals surface area (Å²) < 4.78 is 15.9. The van der Waals surface area contributed by atoms with Gasteiger partial charge in [0.2, 0.25) is 0 Å². The molecule has 2 rings (SSSR count). The minimum absolute atomic E-state index is 0.301. The monoisotopic (exact) mass is 460 g/mol. The van der Waals surface area contributed by atoms with Gasteiger partial charge in [-0.3, -0.25) is 0 Å². The van der Waals surface area contributed by atoms with E-state index in [0.29, 0.717) is 4.47 Å². The Labute approximate surface area is 133 Å². The van der Waals surface area contributed by atoms with Gasteiger partial charge in [0.25, 0.3) is 0 Å². The summed E-state index contributed by atoms with van der Waals surface area (Å²) in [5.41, 5.74) is 1.66. The summed E-state index contributed by atoms with van der Waals surface area (Å²) in [7, 11) is 0. The summed E-state index contributed by atoms with van der Waals surface area (Å²) >= 11 is 18.0. The van der Waals surface area contributed by atoms with E-state index < -0.39 is 0 Å². The first-order valence-electron chi connectivity index (χ1n) is 4.52. The van der Waals surface area contributed by atoms with Crippen LogP contribution in [-0.4, -0.2) is 0 Å². The molecule has 0 radical (unpaired) electrons. The van der Waals surface area contributed by atoms with Gasteiger partial charge in [-0.1, -0.05) is 15.9 Å². The van der Waals surface area contributed by atoms with Crippen LogP contribution >= 0.6 is 70.7 Å². The Bertz CT molecular complexity index is 535. The highest BCUT2D eigenvalue weighted by Gasteiger charge is 2.17. The van der Waals surface area contributed by atoms with Crippen molar-refractivity contribution >= 4 is 70.7 Å². The molecule has 1 aromatic heterocycles. The smallest absolute Gasteiger partial charge is 0.124 e. The maximum Gasteiger partial charge on any atom is 0.124 e. The second-order valence-electron chi connectivity index (χ2n) is 3.34. The number of hydrogen-bond donors (Lipinski definition) is 0. The fourth-order valence-corrected chi connectivity index (χ4v) is 5.31. The molecule has 0 amide bonds. The first-order chi connectivity index (χ1) is 7.97. The standard InChI is InChI=1S/C11H5Br3ClFS/c12-6-1-5(2-7(16)3-6)10(15)8-4-9(13)17-11(8)14/h1-4,10H. The third-order valence-corrected chi connectivity index (χ3v) is 5.46. The van der Waals surface area contributed by atoms with Gasteiger partial charge in [0.1, 0.15) is 5.82 Å². The average molecular weight is 463 g/mol. The van der Waals surface area contributed by atoms with E-state index >= 15 is 0 Å². The van der Waals surface area contributed by atoms with Crippen molar-refractivity contribution in [2.24, 2.45) is 0 Å². The summed E-state index contributed by atoms with van der Waals surface area (Å²) in [6, 6.07) is 6.61. The van der Waals surface area contributed by atoms with Crippen molar-refractivity contribution in [2.75, 3.05) is 0 Å². The predicted octanol–water partition coefficient (Wildman–Crippen LogP) is 6.50. The molecule has 0 fully saturated rings. The van der Waals surface area contributed by atoms with Gasteiger partial charge in [-0.05, 0) is 61.7 Å². The molecule has 0 saturated heterocycles. The van der Waals surface area contributed by atoms with E-state index in [1.165, 1.54) is 12.1 Å². The minimum Gasteiger partial charge on any atom is -0.207 e. The topological polar surface area (TPSA) is 0 Å². The molecule has 0 N–H and O–H groups in total. The van der Waals surface area contributed by atoms with Crippen LogP contribution in [0, 0.1) is 5.82 Å². The average Bonchev–Trinajstić information content (AvgIpc) is 2.55. The second kappa shape index (κ2) is 5.70. The first-order valence-corrected chi connectivity index (χ1v) is 8.15. The van der Waals surface area contributed by atoms with Gasteiger partial charge in [-0.25, -0.2) is 4.39 Å². The van der Waals surface area contributed by atoms with Crippen molar-refractivity contribution in [1.82, 2.24) is 0 Å². The summed E-state index contributed by atoms with van der Waals surface area (Å²) in [5, 5.41) is -0.376. The number of thiophene rings is 1. The summed E-state index contributed by atoms with van der Waals surface area (Å²) in [6.45, 7) is 0. The highest BCUT2D eigenvalue weighted by Crippen LogP contribution is 2.41. The molecule has 0 bridgehead atoms. The van der Waals surface area contributed by atoms with Gasteiger partial charge in [-0.15, -0.1) is 22.9 Å². The molecule has 0 aliphatic heterocycles. The largest absolute Gasteiger partial charge is 0.207 e. The lowest BCUT2D eigenvalue weighted by atomic mass is 10.1. The molecule has 0 spiro atoms. The number of benzene rings is 1. The molecule has 0 saturated carbocycles. The van der Waals surface area contributed by atoms with Crippen molar-refractivity contribution in [3.05, 3.63) is 53.3 Å². The van der Waals surface area contributed by atoms with Crippen molar-refractivity contribution in [2.45, 2.75) is 5.38 Å². The van der Waals surface area contributed by atoms with Crippen LogP contribution in [0.3, 0.4) is 0 Å². The lowest BCUT2D eigenvalue weighted by molar-refractivity contribution is 0.625. The normalized spacial score (nSPS) is 12.8. The quantitative estimate of drug-likeness (QED) is 0.446. The van der Waals surface area contributed by atoms with E-state index in [2.05, 4.69) is 47.8 Å². The molecule has 1 aromatic carbocycles. The van der Waals surface area contributed by atoms with E-state index in [1.807, 2.05) is 12.1 Å². The van der Waals surface area contributed by atoms with Crippen LogP contribution in [0.4, 0.5) is 4.39 Å². The third-order valence-electron chi connectivity index (χ3n) is 2.13. The SMILES string of the molecule is Fc1cc(Br)cc(C(Cl)c2cc(Br)sc2Br)c1. The summed E-state index contributed by atoms with van der Waals surface area (Å²) in [4.78, 5) is 0. The highest BCUT2D eigenvalue weighted by molar-refractivity contribution is 9.12. The van der Waals surface area contributed by atoms with Crippen molar-refractivity contribution < 1.29 is 4.39 Å². The highest BCUT2D eigenvalue weighted by atomic mass is 79.9. The van der Waals surface area contributed by atoms with Gasteiger partial charge >= 0.3 is 0 Å². The van der Waals surface area contributed by atoms with Gasteiger partial charge in [0, 0.05) is 10.0 Å². The van der Waals surface area contributed by atoms with E-state index in [0.717, 1.165) is 18.7 Å². The maximum absolute atomic E-state index is 13.3. The zero-order valence-corrected chi connectivity index (χ0v) is 14.5. The Morgan fingerprint density at radius 3 is 2.35 bits per heavy atom. The van der Waals surface area contributed by atoms with Crippen molar-refractivity contribution in [3.8, 4) is 0 Å². The zero-order valence-electron chi connectivity index (χ0n) is 8.18. The predicted molar refractivity (Wildman–Crippen MR) is 81.5 cm³/mol. The fraction of sp³-hybridized carbons (Fsp3) is 0.0909. The molecular formula is C11H5Br3ClFS. The maximum atomic E-state index is 13.3. The molecule has 1 atom stereocenters. The number of hydrogen-bond acceptors (Lipinski definition) is 1. The molecule has 1 heterocycles. The molecular weight excluding hydrogens is 458 g/mol. The van der Waals surface area contributed by atoms with Crippen molar-refractivity contribution in [3.63, 3.8) is 0 Å². The Morgan fingerprint density at radius 2 is 1.82 bits per heavy atom. The van der Waals surface area contributed by atoms with Crippen LogP contribution in [0.1, 0.15) is 16.5 Å². The van der Waals surface area contributed by atoms with Crippen LogP contribution in [0.2, 0.25) is 0 Å². The number of rotatable bonds is 2. The number of alkyl halides is 1. The second-order valence-corrected chi connectivity index (χ2v) is 8.45. The van der Waals surface area contributed by atoms with Gasteiger partial charge < -0.3 is 0 Å². The lowest BCUT2D eigenvalue weighted by Gasteiger charge is -2.09. The van der Waals surface area contributed by atoms with Crippen LogP contribution in [0.25, 0.3) is 0 Å². The van der Waals surface area contributed by atoms with Crippen LogP contribution in [0.15, 0.2) is 36.3 Å². The van der Waals surface area contributed by atoms with E-state index in [4.69, 9.17) is 11.6 Å². The van der Waals surface area contributed by atoms with E-state index in [9.17, 15) is 4.39 Å². The van der Waals surface area contributed by atoms with Gasteiger partial charge in [0.15, 0.2) is 0 Å². The first kappa shape index (κ1) is 14.0. The number of halogens is 5. The van der Waals surface area contributed by atoms with Crippen LogP contribution < -0.4 is 0 Å². The van der Waals surface area contributed by atoms with Crippen LogP contribution in [0.5, 0.6) is 0 Å². The van der Waals surface area contributed by atoms with E-state index in [1.54, 1.807) is 11.3 Å². The third kappa shape index (κ3) is 3.32. The Balaban J connectivity index is 2.43.